The van der Waals surface area contributed by atoms with Gasteiger partial charge >= 0.3 is 0 Å². The summed E-state index contributed by atoms with van der Waals surface area (Å²) in [5.74, 6) is 0.623. The average molecular weight is 385 g/mol. The molecule has 2 heterocycles. The highest BCUT2D eigenvalue weighted by Gasteiger charge is 2.41. The molecule has 0 radical (unpaired) electrons. The van der Waals surface area contributed by atoms with E-state index >= 15 is 0 Å². The van der Waals surface area contributed by atoms with Crippen molar-refractivity contribution >= 4 is 27.3 Å². The summed E-state index contributed by atoms with van der Waals surface area (Å²) in [6.45, 7) is 7.32. The topological polar surface area (TPSA) is 57.7 Å². The van der Waals surface area contributed by atoms with Crippen molar-refractivity contribution in [3.8, 4) is 0 Å². The second kappa shape index (κ2) is 7.37. The van der Waals surface area contributed by atoms with E-state index in [-0.39, 0.29) is 17.9 Å². The number of amides is 1. The number of carbonyl (C=O) groups is 1. The van der Waals surface area contributed by atoms with Crippen molar-refractivity contribution in [2.24, 2.45) is 11.8 Å². The first-order chi connectivity index (χ1) is 11.8. The highest BCUT2D eigenvalue weighted by molar-refractivity contribution is 7.91. The van der Waals surface area contributed by atoms with Crippen LogP contribution in [0.15, 0.2) is 21.7 Å². The zero-order chi connectivity index (χ0) is 18.2. The largest absolute Gasteiger partial charge is 0.337 e. The summed E-state index contributed by atoms with van der Waals surface area (Å²) in [4.78, 5) is 15.2. The van der Waals surface area contributed by atoms with E-state index in [1.165, 1.54) is 15.6 Å². The maximum absolute atomic E-state index is 13.1. The highest BCUT2D eigenvalue weighted by Crippen LogP contribution is 2.34. The van der Waals surface area contributed by atoms with Crippen LogP contribution >= 0.6 is 11.3 Å². The van der Waals surface area contributed by atoms with Crippen molar-refractivity contribution < 1.29 is 13.2 Å². The summed E-state index contributed by atoms with van der Waals surface area (Å²) in [5.41, 5.74) is 0. The molecule has 140 valence electrons. The molecule has 1 saturated heterocycles. The third kappa shape index (κ3) is 3.93. The first kappa shape index (κ1) is 18.9. The Bertz CT molecular complexity index is 688. The van der Waals surface area contributed by atoms with Gasteiger partial charge in [0.1, 0.15) is 4.21 Å². The summed E-state index contributed by atoms with van der Waals surface area (Å²) in [6, 6.07) is 4.05. The quantitative estimate of drug-likeness (QED) is 0.757. The van der Waals surface area contributed by atoms with Crippen LogP contribution in [0.2, 0.25) is 0 Å². The van der Waals surface area contributed by atoms with Crippen molar-refractivity contribution in [2.75, 3.05) is 13.1 Å². The van der Waals surface area contributed by atoms with E-state index in [0.717, 1.165) is 12.8 Å². The van der Waals surface area contributed by atoms with Crippen LogP contribution in [-0.2, 0) is 14.8 Å². The summed E-state index contributed by atoms with van der Waals surface area (Å²) < 4.78 is 27.2. The number of sulfonamides is 1. The fourth-order valence-corrected chi connectivity index (χ4v) is 6.09. The lowest BCUT2D eigenvalue weighted by Gasteiger charge is -2.37. The van der Waals surface area contributed by atoms with Gasteiger partial charge in [0.15, 0.2) is 0 Å². The fourth-order valence-electron chi connectivity index (χ4n) is 3.48. The molecule has 3 rings (SSSR count). The zero-order valence-electron chi connectivity index (χ0n) is 15.2. The Morgan fingerprint density at radius 1 is 1.20 bits per heavy atom. The van der Waals surface area contributed by atoms with Crippen LogP contribution in [0.4, 0.5) is 0 Å². The maximum atomic E-state index is 13.1. The molecule has 0 N–H and O–H groups in total. The van der Waals surface area contributed by atoms with Gasteiger partial charge < -0.3 is 4.90 Å². The minimum Gasteiger partial charge on any atom is -0.337 e. The molecule has 25 heavy (non-hydrogen) atoms. The summed E-state index contributed by atoms with van der Waals surface area (Å²) >= 11 is 1.25. The third-order valence-electron chi connectivity index (χ3n) is 5.49. The molecule has 2 fully saturated rings. The molecule has 0 aromatic carbocycles. The standard InChI is InChI=1S/C18H28N2O3S2/c1-13(2)14(3)20(16-6-7-16)18(21)15-8-10-19(11-9-15)25(22,23)17-5-4-12-24-17/h4-5,12-16H,6-11H2,1-3H3. The second-order valence-electron chi connectivity index (χ2n) is 7.57. The highest BCUT2D eigenvalue weighted by atomic mass is 32.2. The van der Waals surface area contributed by atoms with Crippen molar-refractivity contribution in [2.45, 2.75) is 62.7 Å². The van der Waals surface area contributed by atoms with Gasteiger partial charge in [0.2, 0.25) is 5.91 Å². The number of carbonyl (C=O) groups excluding carboxylic acids is 1. The minimum absolute atomic E-state index is 0.0448. The third-order valence-corrected chi connectivity index (χ3v) is 8.76. The van der Waals surface area contributed by atoms with Crippen LogP contribution in [0.3, 0.4) is 0 Å². The molecule has 1 aromatic heterocycles. The Hall–Kier alpha value is -0.920. The predicted molar refractivity (Wildman–Crippen MR) is 100.0 cm³/mol. The minimum atomic E-state index is -3.39. The first-order valence-corrected chi connectivity index (χ1v) is 11.5. The van der Waals surface area contributed by atoms with Crippen molar-refractivity contribution in [3.63, 3.8) is 0 Å². The smallest absolute Gasteiger partial charge is 0.252 e. The Balaban J connectivity index is 1.64. The summed E-state index contributed by atoms with van der Waals surface area (Å²) in [7, 11) is -3.39. The van der Waals surface area contributed by atoms with Crippen LogP contribution in [-0.4, -0.2) is 48.7 Å². The van der Waals surface area contributed by atoms with Crippen LogP contribution in [0.5, 0.6) is 0 Å². The molecule has 0 spiro atoms. The van der Waals surface area contributed by atoms with Gasteiger partial charge in [-0.2, -0.15) is 4.31 Å². The van der Waals surface area contributed by atoms with Gasteiger partial charge in [-0.15, -0.1) is 11.3 Å². The van der Waals surface area contributed by atoms with Gasteiger partial charge in [-0.25, -0.2) is 8.42 Å². The van der Waals surface area contributed by atoms with Gasteiger partial charge in [0, 0.05) is 31.1 Å². The van der Waals surface area contributed by atoms with E-state index in [4.69, 9.17) is 0 Å². The number of hydrogen-bond donors (Lipinski definition) is 0. The molecule has 1 saturated carbocycles. The van der Waals surface area contributed by atoms with E-state index in [1.807, 2.05) is 0 Å². The van der Waals surface area contributed by atoms with Crippen LogP contribution in [0, 0.1) is 11.8 Å². The fraction of sp³-hybridized carbons (Fsp3) is 0.722. The summed E-state index contributed by atoms with van der Waals surface area (Å²) in [6.07, 6.45) is 3.46. The summed E-state index contributed by atoms with van der Waals surface area (Å²) in [5, 5.41) is 1.78. The molecular weight excluding hydrogens is 356 g/mol. The van der Waals surface area contributed by atoms with Crippen LogP contribution < -0.4 is 0 Å². The molecular formula is C18H28N2O3S2. The number of nitrogens with zero attached hydrogens (tertiary/aromatic N) is 2. The molecule has 1 atom stereocenters. The number of piperidine rings is 1. The van der Waals surface area contributed by atoms with Crippen LogP contribution in [0.1, 0.15) is 46.5 Å². The van der Waals surface area contributed by atoms with E-state index in [0.29, 0.717) is 42.1 Å². The molecule has 1 unspecified atom stereocenters. The Morgan fingerprint density at radius 2 is 1.84 bits per heavy atom. The van der Waals surface area contributed by atoms with E-state index in [1.54, 1.807) is 17.5 Å². The molecule has 1 amide bonds. The first-order valence-electron chi connectivity index (χ1n) is 9.18. The SMILES string of the molecule is CC(C)C(C)N(C(=O)C1CCN(S(=O)(=O)c2cccs2)CC1)C1CC1. The molecule has 7 heteroatoms. The molecule has 0 bridgehead atoms. The lowest BCUT2D eigenvalue weighted by molar-refractivity contribution is -0.140. The maximum Gasteiger partial charge on any atom is 0.252 e. The Kier molecular flexibility index (Phi) is 5.56. The number of rotatable bonds is 6. The lowest BCUT2D eigenvalue weighted by Crippen LogP contribution is -2.49. The van der Waals surface area contributed by atoms with Crippen molar-refractivity contribution in [1.29, 1.82) is 0 Å². The lowest BCUT2D eigenvalue weighted by atomic mass is 9.94. The van der Waals surface area contributed by atoms with E-state index in [2.05, 4.69) is 25.7 Å². The normalized spacial score (nSPS) is 21.4. The Labute approximate surface area is 155 Å². The van der Waals surface area contributed by atoms with Crippen molar-refractivity contribution in [1.82, 2.24) is 9.21 Å². The van der Waals surface area contributed by atoms with Gasteiger partial charge in [-0.3, -0.25) is 4.79 Å². The number of hydrogen-bond acceptors (Lipinski definition) is 4. The zero-order valence-corrected chi connectivity index (χ0v) is 16.9. The number of thiophene rings is 1. The van der Waals surface area contributed by atoms with Crippen LogP contribution in [0.25, 0.3) is 0 Å². The van der Waals surface area contributed by atoms with E-state index in [9.17, 15) is 13.2 Å². The molecule has 1 aliphatic carbocycles. The van der Waals surface area contributed by atoms with Gasteiger partial charge in [0.05, 0.1) is 0 Å². The van der Waals surface area contributed by atoms with Gasteiger partial charge in [-0.1, -0.05) is 19.9 Å². The average Bonchev–Trinajstić information content (AvgIpc) is 3.25. The van der Waals surface area contributed by atoms with Crippen molar-refractivity contribution in [3.05, 3.63) is 17.5 Å². The molecule has 1 aromatic rings. The van der Waals surface area contributed by atoms with E-state index < -0.39 is 10.0 Å². The van der Waals surface area contributed by atoms with Gasteiger partial charge in [0.25, 0.3) is 10.0 Å². The monoisotopic (exact) mass is 384 g/mol. The molecule has 5 nitrogen and oxygen atoms in total. The Morgan fingerprint density at radius 3 is 2.32 bits per heavy atom. The molecule has 2 aliphatic rings. The predicted octanol–water partition coefficient (Wildman–Crippen LogP) is 3.18. The molecule has 1 aliphatic heterocycles. The second-order valence-corrected chi connectivity index (χ2v) is 10.7. The van der Waals surface area contributed by atoms with Gasteiger partial charge in [-0.05, 0) is 50.0 Å².